The van der Waals surface area contributed by atoms with Gasteiger partial charge < -0.3 is 10.2 Å². The molecule has 1 aromatic rings. The molecular formula is C16H21N3O. The Morgan fingerprint density at radius 1 is 1.40 bits per heavy atom. The van der Waals surface area contributed by atoms with Crippen molar-refractivity contribution in [1.29, 1.82) is 0 Å². The predicted octanol–water partition coefficient (Wildman–Crippen LogP) is 1.76. The number of benzene rings is 1. The maximum absolute atomic E-state index is 11.7. The Hall–Kier alpha value is -1.99. The molecule has 1 aromatic carbocycles. The van der Waals surface area contributed by atoms with Crippen molar-refractivity contribution in [2.75, 3.05) is 36.4 Å². The smallest absolute Gasteiger partial charge is 0.238 e. The van der Waals surface area contributed by atoms with Gasteiger partial charge >= 0.3 is 0 Å². The summed E-state index contributed by atoms with van der Waals surface area (Å²) in [6.45, 7) is 4.91. The van der Waals surface area contributed by atoms with Gasteiger partial charge in [-0.15, -0.1) is 6.42 Å². The average molecular weight is 271 g/mol. The molecule has 1 aliphatic heterocycles. The molecule has 0 aromatic heterocycles. The Kier molecular flexibility index (Phi) is 5.03. The van der Waals surface area contributed by atoms with Crippen molar-refractivity contribution in [2.45, 2.75) is 19.8 Å². The number of hydrogen-bond donors (Lipinski definition) is 2. The fourth-order valence-corrected chi connectivity index (χ4v) is 2.40. The number of terminal acetylenes is 1. The summed E-state index contributed by atoms with van der Waals surface area (Å²) in [5, 5.41) is 5.77. The Bertz CT molecular complexity index is 513. The van der Waals surface area contributed by atoms with E-state index in [4.69, 9.17) is 6.42 Å². The first-order valence-electron chi connectivity index (χ1n) is 7.00. The lowest BCUT2D eigenvalue weighted by Crippen LogP contribution is -2.28. The van der Waals surface area contributed by atoms with E-state index in [1.54, 1.807) is 0 Å². The number of carbonyl (C=O) groups is 1. The second-order valence-corrected chi connectivity index (χ2v) is 5.05. The third kappa shape index (κ3) is 3.75. The summed E-state index contributed by atoms with van der Waals surface area (Å²) in [6, 6.07) is 6.18. The number of hydrogen-bond acceptors (Lipinski definition) is 3. The monoisotopic (exact) mass is 271 g/mol. The van der Waals surface area contributed by atoms with Gasteiger partial charge in [-0.1, -0.05) is 5.92 Å². The van der Waals surface area contributed by atoms with E-state index in [1.807, 2.05) is 13.0 Å². The van der Waals surface area contributed by atoms with Gasteiger partial charge in [-0.2, -0.15) is 0 Å². The number of rotatable bonds is 5. The van der Waals surface area contributed by atoms with Crippen molar-refractivity contribution in [3.05, 3.63) is 23.8 Å². The highest BCUT2D eigenvalue weighted by atomic mass is 16.1. The van der Waals surface area contributed by atoms with Crippen molar-refractivity contribution >= 4 is 17.3 Å². The van der Waals surface area contributed by atoms with Crippen LogP contribution in [0.4, 0.5) is 11.4 Å². The lowest BCUT2D eigenvalue weighted by Gasteiger charge is -2.19. The Labute approximate surface area is 120 Å². The van der Waals surface area contributed by atoms with Gasteiger partial charge in [-0.25, -0.2) is 0 Å². The van der Waals surface area contributed by atoms with E-state index in [1.165, 1.54) is 18.5 Å². The molecule has 4 nitrogen and oxygen atoms in total. The number of anilines is 2. The summed E-state index contributed by atoms with van der Waals surface area (Å²) in [6.07, 6.45) is 7.64. The lowest BCUT2D eigenvalue weighted by atomic mass is 10.1. The number of aryl methyl sites for hydroxylation is 1. The molecule has 1 aliphatic rings. The number of amides is 1. The first-order chi connectivity index (χ1) is 9.70. The summed E-state index contributed by atoms with van der Waals surface area (Å²) >= 11 is 0. The van der Waals surface area contributed by atoms with Crippen molar-refractivity contribution in [1.82, 2.24) is 5.32 Å². The minimum atomic E-state index is -0.0720. The van der Waals surface area contributed by atoms with E-state index in [0.29, 0.717) is 6.54 Å². The predicted molar refractivity (Wildman–Crippen MR) is 83.0 cm³/mol. The lowest BCUT2D eigenvalue weighted by molar-refractivity contribution is -0.115. The molecule has 2 N–H and O–H groups in total. The number of carbonyl (C=O) groups excluding carboxylic acids is 1. The normalized spacial score (nSPS) is 14.1. The molecule has 2 rings (SSSR count). The molecule has 1 heterocycles. The standard InChI is InChI=1S/C16H21N3O/c1-3-8-17-12-16(20)18-15-7-6-14(11-13(15)2)19-9-4-5-10-19/h1,6-7,11,17H,4-5,8-10,12H2,2H3,(H,18,20). The molecule has 0 unspecified atom stereocenters. The van der Waals surface area contributed by atoms with Gasteiger partial charge in [0.15, 0.2) is 0 Å². The Balaban J connectivity index is 1.95. The molecule has 0 spiro atoms. The van der Waals surface area contributed by atoms with Crippen molar-refractivity contribution in [3.8, 4) is 12.3 Å². The van der Waals surface area contributed by atoms with E-state index in [9.17, 15) is 4.79 Å². The van der Waals surface area contributed by atoms with E-state index < -0.39 is 0 Å². The van der Waals surface area contributed by atoms with Gasteiger partial charge in [-0.05, 0) is 43.5 Å². The molecule has 1 fully saturated rings. The van der Waals surface area contributed by atoms with Crippen molar-refractivity contribution in [2.24, 2.45) is 0 Å². The van der Waals surface area contributed by atoms with Crippen LogP contribution in [0, 0.1) is 19.3 Å². The fraction of sp³-hybridized carbons (Fsp3) is 0.438. The van der Waals surface area contributed by atoms with Crippen LogP contribution in [0.25, 0.3) is 0 Å². The average Bonchev–Trinajstić information content (AvgIpc) is 2.95. The maximum atomic E-state index is 11.7. The van der Waals surface area contributed by atoms with Crippen molar-refractivity contribution < 1.29 is 4.79 Å². The van der Waals surface area contributed by atoms with Crippen LogP contribution >= 0.6 is 0 Å². The van der Waals surface area contributed by atoms with E-state index >= 15 is 0 Å². The maximum Gasteiger partial charge on any atom is 0.238 e. The summed E-state index contributed by atoms with van der Waals surface area (Å²) in [7, 11) is 0. The highest BCUT2D eigenvalue weighted by Crippen LogP contribution is 2.25. The van der Waals surface area contributed by atoms with Crippen LogP contribution in [0.5, 0.6) is 0 Å². The van der Waals surface area contributed by atoms with Gasteiger partial charge in [0.05, 0.1) is 13.1 Å². The van der Waals surface area contributed by atoms with Gasteiger partial charge in [0.2, 0.25) is 5.91 Å². The second-order valence-electron chi connectivity index (χ2n) is 5.05. The van der Waals surface area contributed by atoms with Gasteiger partial charge in [0, 0.05) is 24.5 Å². The zero-order valence-electron chi connectivity index (χ0n) is 11.9. The van der Waals surface area contributed by atoms with E-state index in [2.05, 4.69) is 33.6 Å². The van der Waals surface area contributed by atoms with Crippen molar-refractivity contribution in [3.63, 3.8) is 0 Å². The molecule has 1 amide bonds. The fourth-order valence-electron chi connectivity index (χ4n) is 2.40. The largest absolute Gasteiger partial charge is 0.372 e. The van der Waals surface area contributed by atoms with E-state index in [-0.39, 0.29) is 12.5 Å². The Morgan fingerprint density at radius 3 is 2.80 bits per heavy atom. The van der Waals surface area contributed by atoms with Gasteiger partial charge in [0.1, 0.15) is 0 Å². The van der Waals surface area contributed by atoms with Crippen LogP contribution < -0.4 is 15.5 Å². The zero-order valence-corrected chi connectivity index (χ0v) is 11.9. The highest BCUT2D eigenvalue weighted by Gasteiger charge is 2.13. The minimum absolute atomic E-state index is 0.0720. The molecule has 0 bridgehead atoms. The molecule has 20 heavy (non-hydrogen) atoms. The molecule has 106 valence electrons. The summed E-state index contributed by atoms with van der Waals surface area (Å²) < 4.78 is 0. The van der Waals surface area contributed by atoms with Crippen LogP contribution in [0.3, 0.4) is 0 Å². The molecule has 0 saturated carbocycles. The summed E-state index contributed by atoms with van der Waals surface area (Å²) in [5.74, 6) is 2.37. The number of nitrogens with one attached hydrogen (secondary N) is 2. The zero-order chi connectivity index (χ0) is 14.4. The van der Waals surface area contributed by atoms with Crippen LogP contribution in [0.15, 0.2) is 18.2 Å². The Morgan fingerprint density at radius 2 is 2.15 bits per heavy atom. The van der Waals surface area contributed by atoms with Crippen LogP contribution in [-0.2, 0) is 4.79 Å². The van der Waals surface area contributed by atoms with Gasteiger partial charge in [0.25, 0.3) is 0 Å². The molecular weight excluding hydrogens is 250 g/mol. The molecule has 1 saturated heterocycles. The SMILES string of the molecule is C#CCNCC(=O)Nc1ccc(N2CCCC2)cc1C. The van der Waals surface area contributed by atoms with Crippen LogP contribution in [0.1, 0.15) is 18.4 Å². The second kappa shape index (κ2) is 6.97. The van der Waals surface area contributed by atoms with Crippen LogP contribution in [0.2, 0.25) is 0 Å². The first kappa shape index (κ1) is 14.4. The van der Waals surface area contributed by atoms with E-state index in [0.717, 1.165) is 24.3 Å². The topological polar surface area (TPSA) is 44.4 Å². The molecule has 0 atom stereocenters. The summed E-state index contributed by atoms with van der Waals surface area (Å²) in [4.78, 5) is 14.1. The quantitative estimate of drug-likeness (QED) is 0.633. The number of nitrogens with zero attached hydrogens (tertiary/aromatic N) is 1. The minimum Gasteiger partial charge on any atom is -0.372 e. The highest BCUT2D eigenvalue weighted by molar-refractivity contribution is 5.93. The molecule has 0 aliphatic carbocycles. The first-order valence-corrected chi connectivity index (χ1v) is 7.00. The summed E-state index contributed by atoms with van der Waals surface area (Å²) in [5.41, 5.74) is 3.18. The van der Waals surface area contributed by atoms with Crippen LogP contribution in [-0.4, -0.2) is 32.1 Å². The molecule has 0 radical (unpaired) electrons. The molecule has 4 heteroatoms. The third-order valence-corrected chi connectivity index (χ3v) is 3.47. The van der Waals surface area contributed by atoms with Gasteiger partial charge in [-0.3, -0.25) is 10.1 Å². The third-order valence-electron chi connectivity index (χ3n) is 3.47.